The van der Waals surface area contributed by atoms with Gasteiger partial charge >= 0.3 is 0 Å². The lowest BCUT2D eigenvalue weighted by Crippen LogP contribution is -2.40. The molecule has 0 saturated carbocycles. The molecule has 0 bridgehead atoms. The average Bonchev–Trinajstić information content (AvgIpc) is 3.30. The maximum absolute atomic E-state index is 13.3. The summed E-state index contributed by atoms with van der Waals surface area (Å²) in [6, 6.07) is 20.8. The standard InChI is InChI=1S/C26H25ClFN3O3S/c27-25-16-24(11-12-26(25)28)35(32,33)30-31-14-13-20(18-31)2-1-15-34-23-9-7-22(8-10-23)21-5-3-19(17-29)4-6-21/h3-12,16,20,30H,1-2,13-15,18H2/t20-/m1/s1. The first kappa shape index (κ1) is 25.1. The van der Waals surface area contributed by atoms with Gasteiger partial charge in [-0.15, -0.1) is 4.83 Å². The molecule has 0 spiro atoms. The van der Waals surface area contributed by atoms with Crippen molar-refractivity contribution in [2.24, 2.45) is 5.92 Å². The van der Waals surface area contributed by atoms with E-state index in [1.165, 1.54) is 6.07 Å². The third kappa shape index (κ3) is 6.59. The quantitative estimate of drug-likeness (QED) is 0.388. The van der Waals surface area contributed by atoms with Crippen LogP contribution in [0.15, 0.2) is 71.6 Å². The summed E-state index contributed by atoms with van der Waals surface area (Å²) < 4.78 is 44.3. The zero-order chi connectivity index (χ0) is 24.8. The number of benzene rings is 3. The van der Waals surface area contributed by atoms with E-state index < -0.39 is 15.8 Å². The van der Waals surface area contributed by atoms with Gasteiger partial charge in [0.05, 0.1) is 28.2 Å². The normalized spacial score (nSPS) is 16.2. The first-order chi connectivity index (χ1) is 16.8. The molecule has 3 aromatic rings. The summed E-state index contributed by atoms with van der Waals surface area (Å²) in [5.74, 6) is 0.495. The number of hydrogen-bond acceptors (Lipinski definition) is 5. The maximum atomic E-state index is 13.3. The lowest BCUT2D eigenvalue weighted by molar-refractivity contribution is 0.269. The summed E-state index contributed by atoms with van der Waals surface area (Å²) in [7, 11) is -3.81. The molecule has 1 N–H and O–H groups in total. The highest BCUT2D eigenvalue weighted by molar-refractivity contribution is 7.89. The van der Waals surface area contributed by atoms with Crippen molar-refractivity contribution in [1.82, 2.24) is 9.84 Å². The molecule has 182 valence electrons. The molecular weight excluding hydrogens is 489 g/mol. The molecule has 1 aliphatic heterocycles. The monoisotopic (exact) mass is 513 g/mol. The van der Waals surface area contributed by atoms with Crippen LogP contribution in [-0.2, 0) is 10.0 Å². The Labute approximate surface area is 209 Å². The molecule has 1 atom stereocenters. The fourth-order valence-electron chi connectivity index (χ4n) is 4.06. The van der Waals surface area contributed by atoms with Gasteiger partial charge in [-0.1, -0.05) is 35.9 Å². The summed E-state index contributed by atoms with van der Waals surface area (Å²) >= 11 is 5.72. The predicted molar refractivity (Wildman–Crippen MR) is 133 cm³/mol. The van der Waals surface area contributed by atoms with E-state index >= 15 is 0 Å². The minimum absolute atomic E-state index is 0.0639. The number of hydrogen-bond donors (Lipinski definition) is 1. The van der Waals surface area contributed by atoms with Gasteiger partial charge in [-0.3, -0.25) is 0 Å². The average molecular weight is 514 g/mol. The van der Waals surface area contributed by atoms with Gasteiger partial charge < -0.3 is 4.74 Å². The smallest absolute Gasteiger partial charge is 0.253 e. The third-order valence-electron chi connectivity index (χ3n) is 5.96. The van der Waals surface area contributed by atoms with E-state index in [-0.39, 0.29) is 9.92 Å². The highest BCUT2D eigenvalue weighted by atomic mass is 35.5. The highest BCUT2D eigenvalue weighted by Crippen LogP contribution is 2.25. The van der Waals surface area contributed by atoms with E-state index in [2.05, 4.69) is 10.9 Å². The van der Waals surface area contributed by atoms with Crippen molar-refractivity contribution >= 4 is 21.6 Å². The first-order valence-electron chi connectivity index (χ1n) is 11.3. The van der Waals surface area contributed by atoms with E-state index in [0.29, 0.717) is 31.2 Å². The van der Waals surface area contributed by atoms with Crippen LogP contribution in [0.4, 0.5) is 4.39 Å². The van der Waals surface area contributed by atoms with E-state index in [1.807, 2.05) is 36.4 Å². The van der Waals surface area contributed by atoms with Crippen LogP contribution in [0.2, 0.25) is 5.02 Å². The number of halogens is 2. The molecule has 3 aromatic carbocycles. The Morgan fingerprint density at radius 2 is 1.77 bits per heavy atom. The summed E-state index contributed by atoms with van der Waals surface area (Å²) in [4.78, 5) is 2.50. The van der Waals surface area contributed by atoms with Crippen LogP contribution in [0.1, 0.15) is 24.8 Å². The molecule has 0 unspecified atom stereocenters. The number of ether oxygens (including phenoxy) is 1. The first-order valence-corrected chi connectivity index (χ1v) is 13.2. The van der Waals surface area contributed by atoms with Gasteiger partial charge in [0.2, 0.25) is 0 Å². The molecule has 1 saturated heterocycles. The van der Waals surface area contributed by atoms with Crippen LogP contribution >= 0.6 is 11.6 Å². The predicted octanol–water partition coefficient (Wildman–Crippen LogP) is 5.39. The van der Waals surface area contributed by atoms with Crippen molar-refractivity contribution in [2.45, 2.75) is 24.2 Å². The second-order valence-electron chi connectivity index (χ2n) is 8.48. The molecule has 4 rings (SSSR count). The fourth-order valence-corrected chi connectivity index (χ4v) is 5.44. The zero-order valence-corrected chi connectivity index (χ0v) is 20.5. The molecule has 1 aliphatic rings. The third-order valence-corrected chi connectivity index (χ3v) is 7.63. The van der Waals surface area contributed by atoms with Gasteiger partial charge in [-0.05, 0) is 78.8 Å². The largest absolute Gasteiger partial charge is 0.494 e. The molecule has 6 nitrogen and oxygen atoms in total. The van der Waals surface area contributed by atoms with E-state index in [0.717, 1.165) is 48.3 Å². The van der Waals surface area contributed by atoms with Crippen LogP contribution < -0.4 is 9.57 Å². The van der Waals surface area contributed by atoms with Gasteiger partial charge in [-0.25, -0.2) is 17.8 Å². The number of nitriles is 1. The molecule has 1 fully saturated rings. The van der Waals surface area contributed by atoms with Crippen LogP contribution in [-0.4, -0.2) is 33.1 Å². The van der Waals surface area contributed by atoms with Gasteiger partial charge in [-0.2, -0.15) is 5.26 Å². The number of nitrogens with one attached hydrogen (secondary N) is 1. The van der Waals surface area contributed by atoms with Crippen LogP contribution in [0.3, 0.4) is 0 Å². The van der Waals surface area contributed by atoms with Gasteiger partial charge in [0.25, 0.3) is 10.0 Å². The summed E-state index contributed by atoms with van der Waals surface area (Å²) in [6.07, 6.45) is 2.66. The molecule has 35 heavy (non-hydrogen) atoms. The number of hydrazine groups is 1. The Morgan fingerprint density at radius 1 is 1.09 bits per heavy atom. The second kappa shape index (κ2) is 11.2. The Morgan fingerprint density at radius 3 is 2.43 bits per heavy atom. The number of nitrogens with zero attached hydrogens (tertiary/aromatic N) is 2. The van der Waals surface area contributed by atoms with Crippen molar-refractivity contribution in [2.75, 3.05) is 19.7 Å². The van der Waals surface area contributed by atoms with Crippen molar-refractivity contribution < 1.29 is 17.5 Å². The molecular formula is C26H25ClFN3O3S. The fraction of sp³-hybridized carbons (Fsp3) is 0.269. The Kier molecular flexibility index (Phi) is 8.04. The minimum atomic E-state index is -3.81. The lowest BCUT2D eigenvalue weighted by atomic mass is 10.0. The maximum Gasteiger partial charge on any atom is 0.253 e. The van der Waals surface area contributed by atoms with E-state index in [1.54, 1.807) is 17.1 Å². The molecule has 0 aliphatic carbocycles. The number of rotatable bonds is 9. The van der Waals surface area contributed by atoms with E-state index in [9.17, 15) is 12.8 Å². The SMILES string of the molecule is N#Cc1ccc(-c2ccc(OCCC[C@@H]3CCN(NS(=O)(=O)c4ccc(F)c(Cl)c4)C3)cc2)cc1. The number of sulfonamides is 1. The zero-order valence-electron chi connectivity index (χ0n) is 19.0. The van der Waals surface area contributed by atoms with Crippen molar-refractivity contribution in [3.8, 4) is 22.9 Å². The van der Waals surface area contributed by atoms with Crippen molar-refractivity contribution in [3.63, 3.8) is 0 Å². The molecule has 0 amide bonds. The Hall–Kier alpha value is -2.96. The highest BCUT2D eigenvalue weighted by Gasteiger charge is 2.26. The summed E-state index contributed by atoms with van der Waals surface area (Å²) in [5, 5.41) is 10.4. The van der Waals surface area contributed by atoms with Crippen LogP contribution in [0.5, 0.6) is 5.75 Å². The lowest BCUT2D eigenvalue weighted by Gasteiger charge is -2.18. The summed E-state index contributed by atoms with van der Waals surface area (Å²) in [5.41, 5.74) is 2.73. The van der Waals surface area contributed by atoms with Gasteiger partial charge in [0.1, 0.15) is 11.6 Å². The second-order valence-corrected chi connectivity index (χ2v) is 10.5. The van der Waals surface area contributed by atoms with Crippen molar-refractivity contribution in [3.05, 3.63) is 83.1 Å². The van der Waals surface area contributed by atoms with Crippen LogP contribution in [0.25, 0.3) is 11.1 Å². The minimum Gasteiger partial charge on any atom is -0.494 e. The topological polar surface area (TPSA) is 82.4 Å². The van der Waals surface area contributed by atoms with Gasteiger partial charge in [0.15, 0.2) is 0 Å². The molecule has 9 heteroatoms. The Balaban J connectivity index is 1.20. The van der Waals surface area contributed by atoms with Gasteiger partial charge in [0, 0.05) is 13.1 Å². The van der Waals surface area contributed by atoms with Crippen molar-refractivity contribution in [1.29, 1.82) is 5.26 Å². The Bertz CT molecular complexity index is 1310. The summed E-state index contributed by atoms with van der Waals surface area (Å²) in [6.45, 7) is 1.79. The van der Waals surface area contributed by atoms with E-state index in [4.69, 9.17) is 21.6 Å². The molecule has 0 aromatic heterocycles. The molecule has 0 radical (unpaired) electrons. The molecule has 1 heterocycles. The van der Waals surface area contributed by atoms with Crippen LogP contribution in [0, 0.1) is 23.1 Å².